The highest BCUT2D eigenvalue weighted by Gasteiger charge is 2.06. The van der Waals surface area contributed by atoms with E-state index >= 15 is 0 Å². The Morgan fingerprint density at radius 2 is 1.26 bits per heavy atom. The number of hydrogen-bond donors (Lipinski definition) is 0. The first-order valence-electron chi connectivity index (χ1n) is 7.49. The van der Waals surface area contributed by atoms with Crippen molar-refractivity contribution in [3.63, 3.8) is 0 Å². The highest BCUT2D eigenvalue weighted by Crippen LogP contribution is 2.11. The highest BCUT2D eigenvalue weighted by molar-refractivity contribution is 6.13. The number of aromatic nitrogens is 1. The molecule has 3 nitrogen and oxygen atoms in total. The van der Waals surface area contributed by atoms with Crippen LogP contribution in [-0.2, 0) is 0 Å². The van der Waals surface area contributed by atoms with E-state index in [9.17, 15) is 0 Å². The molecule has 112 valence electrons. The predicted molar refractivity (Wildman–Crippen MR) is 95.0 cm³/mol. The van der Waals surface area contributed by atoms with E-state index in [1.807, 2.05) is 85.8 Å². The van der Waals surface area contributed by atoms with Crippen LogP contribution in [0.1, 0.15) is 23.7 Å². The number of hydrogen-bond acceptors (Lipinski definition) is 3. The molecule has 3 aromatic rings. The van der Waals surface area contributed by atoms with Gasteiger partial charge in [0.15, 0.2) is 0 Å². The van der Waals surface area contributed by atoms with Crippen molar-refractivity contribution in [3.8, 4) is 0 Å². The van der Waals surface area contributed by atoms with Crippen molar-refractivity contribution in [2.75, 3.05) is 0 Å². The zero-order valence-corrected chi connectivity index (χ0v) is 12.9. The molecule has 0 spiro atoms. The minimum atomic E-state index is 0.787. The lowest BCUT2D eigenvalue weighted by atomic mass is 10.0. The van der Waals surface area contributed by atoms with Gasteiger partial charge in [0, 0.05) is 17.3 Å². The third-order valence-electron chi connectivity index (χ3n) is 3.43. The van der Waals surface area contributed by atoms with Gasteiger partial charge in [0.2, 0.25) is 0 Å². The van der Waals surface area contributed by atoms with Crippen LogP contribution in [-0.4, -0.2) is 16.4 Å². The van der Waals surface area contributed by atoms with Crippen LogP contribution in [0.2, 0.25) is 0 Å². The summed E-state index contributed by atoms with van der Waals surface area (Å²) in [4.78, 5) is 4.30. The van der Waals surface area contributed by atoms with Crippen molar-refractivity contribution >= 4 is 11.4 Å². The molecule has 0 aliphatic heterocycles. The normalized spacial score (nSPS) is 11.1. The van der Waals surface area contributed by atoms with E-state index < -0.39 is 0 Å². The molecule has 0 amide bonds. The van der Waals surface area contributed by atoms with Gasteiger partial charge in [-0.25, -0.2) is 0 Å². The Bertz CT molecular complexity index is 766. The Hall–Kier alpha value is -3.07. The van der Waals surface area contributed by atoms with Gasteiger partial charge in [-0.3, -0.25) is 4.98 Å². The van der Waals surface area contributed by atoms with Gasteiger partial charge >= 0.3 is 0 Å². The summed E-state index contributed by atoms with van der Waals surface area (Å²) in [6, 6.07) is 25.9. The second-order valence-electron chi connectivity index (χ2n) is 5.08. The average Bonchev–Trinajstić information content (AvgIpc) is 2.64. The fraction of sp³-hybridized carbons (Fsp3) is 0.0500. The van der Waals surface area contributed by atoms with Crippen molar-refractivity contribution in [1.82, 2.24) is 4.98 Å². The number of pyridine rings is 1. The molecule has 0 aliphatic carbocycles. The molecule has 3 rings (SSSR count). The largest absolute Gasteiger partial charge is 0.255 e. The van der Waals surface area contributed by atoms with Gasteiger partial charge in [-0.2, -0.15) is 5.10 Å². The Labute approximate surface area is 136 Å². The summed E-state index contributed by atoms with van der Waals surface area (Å²) < 4.78 is 0. The van der Waals surface area contributed by atoms with Gasteiger partial charge in [-0.1, -0.05) is 66.7 Å². The van der Waals surface area contributed by atoms with Crippen LogP contribution in [0.5, 0.6) is 0 Å². The molecule has 0 fully saturated rings. The van der Waals surface area contributed by atoms with E-state index in [4.69, 9.17) is 0 Å². The minimum Gasteiger partial charge on any atom is -0.255 e. The SMILES string of the molecule is C/C(=N\N=C(c1ccccc1)c1ccccc1)c1ccccn1. The maximum atomic E-state index is 4.51. The lowest BCUT2D eigenvalue weighted by Gasteiger charge is -2.05. The molecule has 3 heteroatoms. The monoisotopic (exact) mass is 299 g/mol. The molecule has 1 heterocycles. The van der Waals surface area contributed by atoms with Gasteiger partial charge in [0.25, 0.3) is 0 Å². The first kappa shape index (κ1) is 14.9. The van der Waals surface area contributed by atoms with E-state index in [-0.39, 0.29) is 0 Å². The second-order valence-corrected chi connectivity index (χ2v) is 5.08. The molecular formula is C20H17N3. The minimum absolute atomic E-state index is 0.787. The standard InChI is InChI=1S/C20H17N3/c1-16(19-14-8-9-15-21-19)22-23-20(17-10-4-2-5-11-17)18-12-6-3-7-13-18/h2-15H,1H3/b22-16+. The summed E-state index contributed by atoms with van der Waals surface area (Å²) in [5, 5.41) is 8.89. The maximum absolute atomic E-state index is 4.51. The van der Waals surface area contributed by atoms with Crippen LogP contribution < -0.4 is 0 Å². The molecule has 0 radical (unpaired) electrons. The smallest absolute Gasteiger partial charge is 0.100 e. The topological polar surface area (TPSA) is 37.6 Å². The lowest BCUT2D eigenvalue weighted by molar-refractivity contribution is 1.19. The Kier molecular flexibility index (Phi) is 4.69. The zero-order chi connectivity index (χ0) is 15.9. The molecule has 0 saturated heterocycles. The molecule has 23 heavy (non-hydrogen) atoms. The first-order valence-corrected chi connectivity index (χ1v) is 7.49. The van der Waals surface area contributed by atoms with Crippen molar-refractivity contribution in [2.45, 2.75) is 6.92 Å². The van der Waals surface area contributed by atoms with Crippen LogP contribution in [0.25, 0.3) is 0 Å². The molecule has 0 unspecified atom stereocenters. The summed E-state index contributed by atoms with van der Waals surface area (Å²) >= 11 is 0. The fourth-order valence-electron chi connectivity index (χ4n) is 2.23. The van der Waals surface area contributed by atoms with Gasteiger partial charge in [0.05, 0.1) is 11.4 Å². The summed E-state index contributed by atoms with van der Waals surface area (Å²) in [5.41, 5.74) is 4.54. The quantitative estimate of drug-likeness (QED) is 0.521. The molecule has 0 atom stereocenters. The van der Waals surface area contributed by atoms with Crippen LogP contribution in [0.15, 0.2) is 95.3 Å². The summed E-state index contributed by atoms with van der Waals surface area (Å²) in [5.74, 6) is 0. The molecular weight excluding hydrogens is 282 g/mol. The molecule has 0 N–H and O–H groups in total. The maximum Gasteiger partial charge on any atom is 0.100 e. The summed E-state index contributed by atoms with van der Waals surface area (Å²) in [6.07, 6.45) is 1.76. The van der Waals surface area contributed by atoms with Crippen molar-refractivity contribution in [3.05, 3.63) is 102 Å². The molecule has 0 saturated carbocycles. The highest BCUT2D eigenvalue weighted by atomic mass is 15.2. The Morgan fingerprint density at radius 1 is 0.696 bits per heavy atom. The predicted octanol–water partition coefficient (Wildman–Crippen LogP) is 4.34. The second kappa shape index (κ2) is 7.27. The summed E-state index contributed by atoms with van der Waals surface area (Å²) in [6.45, 7) is 1.92. The van der Waals surface area contributed by atoms with E-state index in [0.29, 0.717) is 0 Å². The van der Waals surface area contributed by atoms with Crippen LogP contribution in [0.3, 0.4) is 0 Å². The van der Waals surface area contributed by atoms with Gasteiger partial charge in [-0.05, 0) is 19.1 Å². The number of nitrogens with zero attached hydrogens (tertiary/aromatic N) is 3. The van der Waals surface area contributed by atoms with Crippen LogP contribution in [0, 0.1) is 0 Å². The number of benzene rings is 2. The Morgan fingerprint density at radius 3 is 1.78 bits per heavy atom. The van der Waals surface area contributed by atoms with Crippen molar-refractivity contribution in [2.24, 2.45) is 10.2 Å². The summed E-state index contributed by atoms with van der Waals surface area (Å²) in [7, 11) is 0. The fourth-order valence-corrected chi connectivity index (χ4v) is 2.23. The van der Waals surface area contributed by atoms with Gasteiger partial charge < -0.3 is 0 Å². The average molecular weight is 299 g/mol. The third kappa shape index (κ3) is 3.77. The van der Waals surface area contributed by atoms with E-state index in [0.717, 1.165) is 28.2 Å². The van der Waals surface area contributed by atoms with E-state index in [1.54, 1.807) is 6.20 Å². The molecule has 0 bridgehead atoms. The van der Waals surface area contributed by atoms with Crippen LogP contribution >= 0.6 is 0 Å². The lowest BCUT2D eigenvalue weighted by Crippen LogP contribution is -2.04. The van der Waals surface area contributed by atoms with Crippen molar-refractivity contribution in [1.29, 1.82) is 0 Å². The molecule has 2 aromatic carbocycles. The first-order chi connectivity index (χ1) is 11.3. The molecule has 1 aromatic heterocycles. The van der Waals surface area contributed by atoms with Crippen molar-refractivity contribution < 1.29 is 0 Å². The van der Waals surface area contributed by atoms with E-state index in [1.165, 1.54) is 0 Å². The number of rotatable bonds is 4. The van der Waals surface area contributed by atoms with E-state index in [2.05, 4.69) is 15.2 Å². The van der Waals surface area contributed by atoms with Gasteiger partial charge in [-0.15, -0.1) is 5.10 Å². The van der Waals surface area contributed by atoms with Crippen LogP contribution in [0.4, 0.5) is 0 Å². The third-order valence-corrected chi connectivity index (χ3v) is 3.43. The van der Waals surface area contributed by atoms with Gasteiger partial charge in [0.1, 0.15) is 5.71 Å². The molecule has 0 aliphatic rings. The zero-order valence-electron chi connectivity index (χ0n) is 12.9. The Balaban J connectivity index is 2.02.